The largest absolute Gasteiger partial charge is 0.320 e. The smallest absolute Gasteiger partial charge is 0.00960 e. The van der Waals surface area contributed by atoms with Crippen LogP contribution < -0.4 is 5.32 Å². The lowest BCUT2D eigenvalue weighted by Gasteiger charge is -2.27. The van der Waals surface area contributed by atoms with Gasteiger partial charge in [-0.25, -0.2) is 0 Å². The number of hydrogen-bond acceptors (Lipinski definition) is 2. The van der Waals surface area contributed by atoms with E-state index in [9.17, 15) is 0 Å². The van der Waals surface area contributed by atoms with Crippen LogP contribution in [-0.2, 0) is 0 Å². The predicted molar refractivity (Wildman–Crippen MR) is 67.3 cm³/mol. The second-order valence-electron chi connectivity index (χ2n) is 4.89. The molecule has 1 fully saturated rings. The van der Waals surface area contributed by atoms with Gasteiger partial charge in [-0.1, -0.05) is 13.3 Å². The Morgan fingerprint density at radius 1 is 1.20 bits per heavy atom. The van der Waals surface area contributed by atoms with Crippen LogP contribution in [0.15, 0.2) is 0 Å². The van der Waals surface area contributed by atoms with Crippen LogP contribution in [0, 0.1) is 0 Å². The highest BCUT2D eigenvalue weighted by Crippen LogP contribution is 2.26. The molecule has 1 heterocycles. The van der Waals surface area contributed by atoms with Crippen LogP contribution in [0.5, 0.6) is 0 Å². The molecule has 0 aromatic heterocycles. The van der Waals surface area contributed by atoms with E-state index in [2.05, 4.69) is 24.1 Å². The lowest BCUT2D eigenvalue weighted by molar-refractivity contribution is 0.194. The summed E-state index contributed by atoms with van der Waals surface area (Å²) in [5.41, 5.74) is 0. The standard InChI is InChI=1S/C13H28N2/c1-4-13-9-8-12(2)15(13)11-7-5-6-10-14-3/h12-14H,4-11H2,1-3H3. The van der Waals surface area contributed by atoms with Gasteiger partial charge in [0.2, 0.25) is 0 Å². The Bertz CT molecular complexity index is 159. The molecule has 2 unspecified atom stereocenters. The van der Waals surface area contributed by atoms with Crippen LogP contribution >= 0.6 is 0 Å². The van der Waals surface area contributed by atoms with Crippen molar-refractivity contribution in [2.24, 2.45) is 0 Å². The second kappa shape index (κ2) is 7.24. The summed E-state index contributed by atoms with van der Waals surface area (Å²) in [5, 5.41) is 3.21. The maximum Gasteiger partial charge on any atom is 0.00960 e. The first-order valence-corrected chi connectivity index (χ1v) is 6.70. The van der Waals surface area contributed by atoms with Gasteiger partial charge in [-0.2, -0.15) is 0 Å². The lowest BCUT2D eigenvalue weighted by atomic mass is 10.1. The molecule has 0 spiro atoms. The Balaban J connectivity index is 2.13. The summed E-state index contributed by atoms with van der Waals surface area (Å²) in [6.07, 6.45) is 8.25. The lowest BCUT2D eigenvalue weighted by Crippen LogP contribution is -2.35. The van der Waals surface area contributed by atoms with Gasteiger partial charge in [0, 0.05) is 12.1 Å². The van der Waals surface area contributed by atoms with Crippen LogP contribution in [0.25, 0.3) is 0 Å². The van der Waals surface area contributed by atoms with Crippen LogP contribution in [0.2, 0.25) is 0 Å². The minimum absolute atomic E-state index is 0.833. The zero-order chi connectivity index (χ0) is 11.1. The molecule has 1 aliphatic heterocycles. The fourth-order valence-electron chi connectivity index (χ4n) is 2.74. The highest BCUT2D eigenvalue weighted by molar-refractivity contribution is 4.83. The third kappa shape index (κ3) is 4.12. The first-order chi connectivity index (χ1) is 7.29. The molecule has 2 heteroatoms. The summed E-state index contributed by atoms with van der Waals surface area (Å²) in [7, 11) is 2.04. The Kier molecular flexibility index (Phi) is 6.26. The van der Waals surface area contributed by atoms with Gasteiger partial charge in [-0.15, -0.1) is 0 Å². The minimum atomic E-state index is 0.833. The van der Waals surface area contributed by atoms with E-state index in [4.69, 9.17) is 0 Å². The van der Waals surface area contributed by atoms with Crippen molar-refractivity contribution in [3.05, 3.63) is 0 Å². The monoisotopic (exact) mass is 212 g/mol. The zero-order valence-electron chi connectivity index (χ0n) is 10.8. The van der Waals surface area contributed by atoms with Gasteiger partial charge in [-0.3, -0.25) is 4.90 Å². The highest BCUT2D eigenvalue weighted by Gasteiger charge is 2.28. The van der Waals surface area contributed by atoms with Crippen LogP contribution in [-0.4, -0.2) is 37.1 Å². The first-order valence-electron chi connectivity index (χ1n) is 6.70. The summed E-state index contributed by atoms with van der Waals surface area (Å²) in [6, 6.07) is 1.71. The highest BCUT2D eigenvalue weighted by atomic mass is 15.2. The molecule has 1 rings (SSSR count). The number of unbranched alkanes of at least 4 members (excludes halogenated alkanes) is 2. The molecule has 1 aliphatic rings. The van der Waals surface area contributed by atoms with Gasteiger partial charge in [0.05, 0.1) is 0 Å². The molecule has 15 heavy (non-hydrogen) atoms. The predicted octanol–water partition coefficient (Wildman–Crippen LogP) is 2.64. The molecule has 2 nitrogen and oxygen atoms in total. The third-order valence-electron chi connectivity index (χ3n) is 3.77. The molecule has 90 valence electrons. The first kappa shape index (κ1) is 13.0. The summed E-state index contributed by atoms with van der Waals surface area (Å²) < 4.78 is 0. The third-order valence-corrected chi connectivity index (χ3v) is 3.77. The van der Waals surface area contributed by atoms with Crippen molar-refractivity contribution >= 4 is 0 Å². The SMILES string of the molecule is CCC1CCC(C)N1CCCCCNC. The Morgan fingerprint density at radius 2 is 2.00 bits per heavy atom. The Hall–Kier alpha value is -0.0800. The van der Waals surface area contributed by atoms with Crippen molar-refractivity contribution in [3.8, 4) is 0 Å². The van der Waals surface area contributed by atoms with Crippen molar-refractivity contribution in [2.75, 3.05) is 20.1 Å². The van der Waals surface area contributed by atoms with Gasteiger partial charge < -0.3 is 5.32 Å². The quantitative estimate of drug-likeness (QED) is 0.653. The van der Waals surface area contributed by atoms with Crippen LogP contribution in [0.3, 0.4) is 0 Å². The van der Waals surface area contributed by atoms with Gasteiger partial charge in [0.1, 0.15) is 0 Å². The Labute approximate surface area is 95.4 Å². The molecule has 2 atom stereocenters. The van der Waals surface area contributed by atoms with Crippen molar-refractivity contribution in [1.82, 2.24) is 10.2 Å². The number of rotatable bonds is 7. The fraction of sp³-hybridized carbons (Fsp3) is 1.00. The van der Waals surface area contributed by atoms with E-state index < -0.39 is 0 Å². The van der Waals surface area contributed by atoms with E-state index in [1.165, 1.54) is 51.6 Å². The van der Waals surface area contributed by atoms with Crippen LogP contribution in [0.4, 0.5) is 0 Å². The van der Waals surface area contributed by atoms with E-state index in [0.29, 0.717) is 0 Å². The number of hydrogen-bond donors (Lipinski definition) is 1. The topological polar surface area (TPSA) is 15.3 Å². The molecule has 1 N–H and O–H groups in total. The van der Waals surface area contributed by atoms with Gasteiger partial charge in [0.25, 0.3) is 0 Å². The fourth-order valence-corrected chi connectivity index (χ4v) is 2.74. The number of nitrogens with zero attached hydrogens (tertiary/aromatic N) is 1. The second-order valence-corrected chi connectivity index (χ2v) is 4.89. The molecular formula is C13H28N2. The molecule has 0 bridgehead atoms. The van der Waals surface area contributed by atoms with Crippen molar-refractivity contribution in [2.45, 2.75) is 64.5 Å². The van der Waals surface area contributed by atoms with E-state index in [1.54, 1.807) is 0 Å². The van der Waals surface area contributed by atoms with Crippen molar-refractivity contribution < 1.29 is 0 Å². The maximum atomic E-state index is 3.21. The maximum absolute atomic E-state index is 3.21. The van der Waals surface area contributed by atoms with Gasteiger partial charge >= 0.3 is 0 Å². The average molecular weight is 212 g/mol. The molecule has 0 radical (unpaired) electrons. The zero-order valence-corrected chi connectivity index (χ0v) is 10.8. The molecule has 0 aliphatic carbocycles. The van der Waals surface area contributed by atoms with Crippen LogP contribution in [0.1, 0.15) is 52.4 Å². The Morgan fingerprint density at radius 3 is 2.67 bits per heavy atom. The van der Waals surface area contributed by atoms with Gasteiger partial charge in [0.15, 0.2) is 0 Å². The average Bonchev–Trinajstić information content (AvgIpc) is 2.60. The molecule has 0 amide bonds. The molecule has 0 aromatic rings. The van der Waals surface area contributed by atoms with Crippen molar-refractivity contribution in [3.63, 3.8) is 0 Å². The number of nitrogens with one attached hydrogen (secondary N) is 1. The molecular weight excluding hydrogens is 184 g/mol. The van der Waals surface area contributed by atoms with E-state index >= 15 is 0 Å². The molecule has 1 saturated heterocycles. The van der Waals surface area contributed by atoms with Gasteiger partial charge in [-0.05, 0) is 59.2 Å². The summed E-state index contributed by atoms with van der Waals surface area (Å²) in [6.45, 7) is 7.22. The van der Waals surface area contributed by atoms with Crippen molar-refractivity contribution in [1.29, 1.82) is 0 Å². The van der Waals surface area contributed by atoms with E-state index in [1.807, 2.05) is 7.05 Å². The summed E-state index contributed by atoms with van der Waals surface area (Å²) >= 11 is 0. The van der Waals surface area contributed by atoms with E-state index in [0.717, 1.165) is 12.1 Å². The summed E-state index contributed by atoms with van der Waals surface area (Å²) in [4.78, 5) is 2.74. The molecule has 0 aromatic carbocycles. The summed E-state index contributed by atoms with van der Waals surface area (Å²) in [5.74, 6) is 0. The van der Waals surface area contributed by atoms with E-state index in [-0.39, 0.29) is 0 Å². The minimum Gasteiger partial charge on any atom is -0.320 e. The normalized spacial score (nSPS) is 27.4. The number of likely N-dealkylation sites (tertiary alicyclic amines) is 1. The molecule has 0 saturated carbocycles.